The molecule has 18 heavy (non-hydrogen) atoms. The van der Waals surface area contributed by atoms with Crippen LogP contribution in [0.3, 0.4) is 0 Å². The Morgan fingerprint density at radius 3 is 2.78 bits per heavy atom. The number of aromatic nitrogens is 1. The average molecular weight is 303 g/mol. The quantitative estimate of drug-likeness (QED) is 0.909. The highest BCUT2D eigenvalue weighted by Crippen LogP contribution is 2.21. The standard InChI is InChI=1S/C10H7ClN2O3S2/c11-7-2-1-6(18-7)9(14)12-3-8-13-5(4-17-8)10(15)16/h1-2,4H,3H2,(H,12,14)(H,15,16). The Hall–Kier alpha value is -1.44. The Morgan fingerprint density at radius 2 is 2.22 bits per heavy atom. The van der Waals surface area contributed by atoms with Gasteiger partial charge in [-0.25, -0.2) is 9.78 Å². The summed E-state index contributed by atoms with van der Waals surface area (Å²) in [6.07, 6.45) is 0. The van der Waals surface area contributed by atoms with Gasteiger partial charge in [0.25, 0.3) is 5.91 Å². The van der Waals surface area contributed by atoms with Crippen LogP contribution in [0.5, 0.6) is 0 Å². The predicted octanol–water partition coefficient (Wildman–Crippen LogP) is 2.49. The first kappa shape index (κ1) is 13.0. The van der Waals surface area contributed by atoms with Gasteiger partial charge in [0, 0.05) is 5.38 Å². The van der Waals surface area contributed by atoms with Crippen molar-refractivity contribution in [2.24, 2.45) is 0 Å². The fourth-order valence-corrected chi connectivity index (χ4v) is 2.84. The molecule has 0 spiro atoms. The van der Waals surface area contributed by atoms with E-state index in [9.17, 15) is 9.59 Å². The molecule has 8 heteroatoms. The molecule has 2 aromatic rings. The number of thiazole rings is 1. The molecule has 0 unspecified atom stereocenters. The molecule has 0 fully saturated rings. The smallest absolute Gasteiger partial charge is 0.355 e. The summed E-state index contributed by atoms with van der Waals surface area (Å²) in [6.45, 7) is 0.201. The largest absolute Gasteiger partial charge is 0.476 e. The van der Waals surface area contributed by atoms with Crippen LogP contribution in [0.4, 0.5) is 0 Å². The molecule has 0 aliphatic rings. The third-order valence-electron chi connectivity index (χ3n) is 1.97. The fourth-order valence-electron chi connectivity index (χ4n) is 1.17. The number of thiophene rings is 1. The molecular weight excluding hydrogens is 296 g/mol. The molecule has 0 radical (unpaired) electrons. The first-order valence-corrected chi connectivity index (χ1v) is 6.85. The molecule has 2 aromatic heterocycles. The molecule has 0 aliphatic heterocycles. The van der Waals surface area contributed by atoms with Gasteiger partial charge in [-0.15, -0.1) is 22.7 Å². The summed E-state index contributed by atoms with van der Waals surface area (Å²) in [6, 6.07) is 3.28. The van der Waals surface area contributed by atoms with Crippen LogP contribution >= 0.6 is 34.3 Å². The minimum Gasteiger partial charge on any atom is -0.476 e. The van der Waals surface area contributed by atoms with Gasteiger partial charge in [0.15, 0.2) is 5.69 Å². The SMILES string of the molecule is O=C(O)c1csc(CNC(=O)c2ccc(Cl)s2)n1. The van der Waals surface area contributed by atoms with Crippen LogP contribution in [0.15, 0.2) is 17.5 Å². The summed E-state index contributed by atoms with van der Waals surface area (Å²) >= 11 is 8.10. The number of nitrogens with zero attached hydrogens (tertiary/aromatic N) is 1. The molecule has 0 bridgehead atoms. The normalized spacial score (nSPS) is 10.3. The topological polar surface area (TPSA) is 79.3 Å². The van der Waals surface area contributed by atoms with E-state index in [-0.39, 0.29) is 18.1 Å². The number of carboxylic acid groups (broad SMARTS) is 1. The second kappa shape index (κ2) is 5.47. The van der Waals surface area contributed by atoms with Gasteiger partial charge < -0.3 is 10.4 Å². The predicted molar refractivity (Wildman–Crippen MR) is 69.6 cm³/mol. The highest BCUT2D eigenvalue weighted by atomic mass is 35.5. The Kier molecular flexibility index (Phi) is 3.95. The summed E-state index contributed by atoms with van der Waals surface area (Å²) in [7, 11) is 0. The second-order valence-corrected chi connectivity index (χ2v) is 5.88. The fraction of sp³-hybridized carbons (Fsp3) is 0.100. The van der Waals surface area contributed by atoms with Crippen LogP contribution in [0.1, 0.15) is 25.2 Å². The number of halogens is 1. The monoisotopic (exact) mass is 302 g/mol. The van der Waals surface area contributed by atoms with E-state index in [4.69, 9.17) is 16.7 Å². The van der Waals surface area contributed by atoms with E-state index in [0.717, 1.165) is 0 Å². The third kappa shape index (κ3) is 3.06. The highest BCUT2D eigenvalue weighted by molar-refractivity contribution is 7.18. The summed E-state index contributed by atoms with van der Waals surface area (Å²) in [4.78, 5) is 26.7. The first-order valence-electron chi connectivity index (χ1n) is 4.77. The summed E-state index contributed by atoms with van der Waals surface area (Å²) in [5.74, 6) is -1.33. The van der Waals surface area contributed by atoms with Crippen molar-refractivity contribution in [1.29, 1.82) is 0 Å². The lowest BCUT2D eigenvalue weighted by molar-refractivity contribution is 0.0691. The number of rotatable bonds is 4. The number of carbonyl (C=O) groups excluding carboxylic acids is 1. The van der Waals surface area contributed by atoms with Gasteiger partial charge in [0.2, 0.25) is 0 Å². The van der Waals surface area contributed by atoms with Crippen LogP contribution < -0.4 is 5.32 Å². The average Bonchev–Trinajstić information content (AvgIpc) is 2.94. The number of hydrogen-bond donors (Lipinski definition) is 2. The molecule has 2 N–H and O–H groups in total. The highest BCUT2D eigenvalue weighted by Gasteiger charge is 2.11. The molecule has 0 saturated carbocycles. The number of carbonyl (C=O) groups is 2. The first-order chi connectivity index (χ1) is 8.56. The molecule has 1 amide bonds. The van der Waals surface area contributed by atoms with Crippen LogP contribution in [-0.4, -0.2) is 22.0 Å². The van der Waals surface area contributed by atoms with Gasteiger partial charge in [0.05, 0.1) is 15.8 Å². The lowest BCUT2D eigenvalue weighted by Crippen LogP contribution is -2.21. The Balaban J connectivity index is 1.95. The van der Waals surface area contributed by atoms with Crippen molar-refractivity contribution < 1.29 is 14.7 Å². The third-order valence-corrected chi connectivity index (χ3v) is 4.05. The van der Waals surface area contributed by atoms with Crippen molar-refractivity contribution in [3.63, 3.8) is 0 Å². The Morgan fingerprint density at radius 1 is 1.44 bits per heavy atom. The van der Waals surface area contributed by atoms with Crippen molar-refractivity contribution >= 4 is 46.2 Å². The maximum Gasteiger partial charge on any atom is 0.355 e. The minimum absolute atomic E-state index is 0.0107. The van der Waals surface area contributed by atoms with E-state index in [1.165, 1.54) is 28.1 Å². The Labute approximate surface area is 115 Å². The van der Waals surface area contributed by atoms with E-state index in [2.05, 4.69) is 10.3 Å². The van der Waals surface area contributed by atoms with Crippen LogP contribution in [0, 0.1) is 0 Å². The summed E-state index contributed by atoms with van der Waals surface area (Å²) < 4.78 is 0.544. The minimum atomic E-state index is -1.08. The molecule has 2 rings (SSSR count). The maximum absolute atomic E-state index is 11.7. The molecule has 5 nitrogen and oxygen atoms in total. The van der Waals surface area contributed by atoms with Gasteiger partial charge in [-0.1, -0.05) is 11.6 Å². The van der Waals surface area contributed by atoms with Crippen molar-refractivity contribution in [2.45, 2.75) is 6.54 Å². The maximum atomic E-state index is 11.7. The van der Waals surface area contributed by atoms with Crippen LogP contribution in [-0.2, 0) is 6.54 Å². The van der Waals surface area contributed by atoms with E-state index in [1.54, 1.807) is 12.1 Å². The molecule has 0 saturated heterocycles. The number of amides is 1. The molecule has 0 aromatic carbocycles. The van der Waals surface area contributed by atoms with E-state index >= 15 is 0 Å². The van der Waals surface area contributed by atoms with Gasteiger partial charge in [-0.3, -0.25) is 4.79 Å². The van der Waals surface area contributed by atoms with Gasteiger partial charge in [0.1, 0.15) is 5.01 Å². The van der Waals surface area contributed by atoms with E-state index in [1.807, 2.05) is 0 Å². The zero-order chi connectivity index (χ0) is 13.1. The zero-order valence-corrected chi connectivity index (χ0v) is 11.2. The van der Waals surface area contributed by atoms with Gasteiger partial charge >= 0.3 is 5.97 Å². The number of carboxylic acids is 1. The molecule has 0 atom stereocenters. The summed E-state index contributed by atoms with van der Waals surface area (Å²) in [5, 5.41) is 13.3. The van der Waals surface area contributed by atoms with Gasteiger partial charge in [-0.05, 0) is 12.1 Å². The molecule has 2 heterocycles. The van der Waals surface area contributed by atoms with Crippen LogP contribution in [0.25, 0.3) is 0 Å². The molecule has 0 aliphatic carbocycles. The van der Waals surface area contributed by atoms with Gasteiger partial charge in [-0.2, -0.15) is 0 Å². The van der Waals surface area contributed by atoms with Crippen LogP contribution in [0.2, 0.25) is 4.34 Å². The lowest BCUT2D eigenvalue weighted by atomic mass is 10.4. The van der Waals surface area contributed by atoms with E-state index < -0.39 is 5.97 Å². The lowest BCUT2D eigenvalue weighted by Gasteiger charge is -1.99. The Bertz CT molecular complexity index is 593. The van der Waals surface area contributed by atoms with E-state index in [0.29, 0.717) is 14.2 Å². The zero-order valence-electron chi connectivity index (χ0n) is 8.84. The number of hydrogen-bond acceptors (Lipinski definition) is 5. The van der Waals surface area contributed by atoms with Crippen molar-refractivity contribution in [1.82, 2.24) is 10.3 Å². The van der Waals surface area contributed by atoms with Crippen molar-refractivity contribution in [3.8, 4) is 0 Å². The second-order valence-electron chi connectivity index (χ2n) is 3.22. The summed E-state index contributed by atoms with van der Waals surface area (Å²) in [5.41, 5.74) is -0.0107. The number of nitrogens with one attached hydrogen (secondary N) is 1. The number of aromatic carboxylic acids is 1. The molecular formula is C10H7ClN2O3S2. The van der Waals surface area contributed by atoms with Crippen molar-refractivity contribution in [3.05, 3.63) is 37.4 Å². The van der Waals surface area contributed by atoms with Crippen molar-refractivity contribution in [2.75, 3.05) is 0 Å². The molecule has 94 valence electrons.